The summed E-state index contributed by atoms with van der Waals surface area (Å²) < 4.78 is 11.8. The van der Waals surface area contributed by atoms with Gasteiger partial charge in [0.25, 0.3) is 0 Å². The quantitative estimate of drug-likeness (QED) is 0.0905. The van der Waals surface area contributed by atoms with Crippen molar-refractivity contribution < 1.29 is 29.0 Å². The number of cyclic esters (lactones) is 1. The number of aliphatic hydroxyl groups excluding tert-OH is 1. The maximum atomic E-state index is 13.8. The van der Waals surface area contributed by atoms with Crippen LogP contribution in [0.2, 0.25) is 0 Å². The fourth-order valence-electron chi connectivity index (χ4n) is 6.22. The van der Waals surface area contributed by atoms with Crippen molar-refractivity contribution in [3.8, 4) is 5.75 Å². The molecule has 4 unspecified atom stereocenters. The highest BCUT2D eigenvalue weighted by Crippen LogP contribution is 2.21. The van der Waals surface area contributed by atoms with Gasteiger partial charge in [0.05, 0.1) is 30.5 Å². The lowest BCUT2D eigenvalue weighted by Gasteiger charge is -2.24. The molecule has 1 heterocycles. The van der Waals surface area contributed by atoms with Crippen molar-refractivity contribution in [1.29, 1.82) is 0 Å². The van der Waals surface area contributed by atoms with Gasteiger partial charge in [0.15, 0.2) is 0 Å². The van der Waals surface area contributed by atoms with Crippen LogP contribution >= 0.6 is 11.8 Å². The summed E-state index contributed by atoms with van der Waals surface area (Å²) >= 11 is 1.66. The lowest BCUT2D eigenvalue weighted by molar-refractivity contribution is -0.150. The molecule has 0 radical (unpaired) electrons. The first-order valence-electron chi connectivity index (χ1n) is 18.4. The third-order valence-electron chi connectivity index (χ3n) is 9.17. The number of esters is 1. The molecule has 3 N–H and O–H groups in total. The van der Waals surface area contributed by atoms with Crippen molar-refractivity contribution >= 4 is 29.5 Å². The smallest absolute Gasteiger partial charge is 0.309 e. The van der Waals surface area contributed by atoms with E-state index in [4.69, 9.17) is 9.47 Å². The number of hydrogen-bond donors (Lipinski definition) is 3. The molecule has 9 heteroatoms. The fraction of sp³-hybridized carbons (Fsp3) is 0.341. The zero-order chi connectivity index (χ0) is 37.1. The van der Waals surface area contributed by atoms with Crippen LogP contribution in [0.5, 0.6) is 5.75 Å². The largest absolute Gasteiger partial charge is 0.489 e. The Labute approximate surface area is 317 Å². The van der Waals surface area contributed by atoms with Gasteiger partial charge in [-0.2, -0.15) is 11.8 Å². The van der Waals surface area contributed by atoms with Crippen LogP contribution in [0, 0.1) is 11.8 Å². The van der Waals surface area contributed by atoms with Crippen molar-refractivity contribution in [1.82, 2.24) is 10.6 Å². The van der Waals surface area contributed by atoms with E-state index in [-0.39, 0.29) is 43.3 Å². The monoisotopic (exact) mass is 734 g/mol. The van der Waals surface area contributed by atoms with E-state index in [1.54, 1.807) is 11.8 Å². The number of allylic oxidation sites excluding steroid dienone is 2. The molecule has 1 aliphatic heterocycles. The van der Waals surface area contributed by atoms with E-state index < -0.39 is 18.0 Å². The molecule has 4 atom stereocenters. The van der Waals surface area contributed by atoms with Crippen molar-refractivity contribution in [3.63, 3.8) is 0 Å². The Kier molecular flexibility index (Phi) is 16.0. The van der Waals surface area contributed by atoms with Gasteiger partial charge in [-0.15, -0.1) is 0 Å². The first kappa shape index (κ1) is 39.3. The van der Waals surface area contributed by atoms with Gasteiger partial charge in [0.1, 0.15) is 19.0 Å². The lowest BCUT2D eigenvalue weighted by Crippen LogP contribution is -2.46. The van der Waals surface area contributed by atoms with E-state index in [9.17, 15) is 19.5 Å². The van der Waals surface area contributed by atoms with E-state index in [1.807, 2.05) is 115 Å². The Balaban J connectivity index is 1.20. The number of benzene rings is 4. The molecular weight excluding hydrogens is 685 g/mol. The Bertz CT molecular complexity index is 1720. The molecule has 0 fully saturated rings. The van der Waals surface area contributed by atoms with E-state index in [2.05, 4.69) is 22.8 Å². The fourth-order valence-corrected chi connectivity index (χ4v) is 7.23. The first-order chi connectivity index (χ1) is 25.9. The maximum Gasteiger partial charge on any atom is 0.309 e. The number of amides is 2. The molecule has 0 saturated heterocycles. The number of aliphatic hydroxyl groups is 1. The molecule has 0 aromatic heterocycles. The van der Waals surface area contributed by atoms with E-state index in [1.165, 1.54) is 5.56 Å². The molecule has 278 valence electrons. The maximum absolute atomic E-state index is 13.8. The van der Waals surface area contributed by atoms with Crippen molar-refractivity contribution in [2.24, 2.45) is 11.8 Å². The first-order valence-corrected chi connectivity index (χ1v) is 19.5. The van der Waals surface area contributed by atoms with Gasteiger partial charge in [-0.05, 0) is 66.5 Å². The van der Waals surface area contributed by atoms with Gasteiger partial charge in [0.2, 0.25) is 11.8 Å². The molecule has 2 amide bonds. The minimum atomic E-state index is -0.634. The van der Waals surface area contributed by atoms with Crippen LogP contribution in [-0.2, 0) is 44.3 Å². The molecule has 0 bridgehead atoms. The number of ether oxygens (including phenoxy) is 2. The minimum absolute atomic E-state index is 0.0424. The second-order valence-electron chi connectivity index (χ2n) is 13.5. The SMILES string of the molecule is O=C(CC1CC=CCCC(Cc2ccccc2)C(=O)OCC(CSCc2ccccc2)NC1=O)NC(CO)Cc1ccc(OCc2ccccc2)cc1. The van der Waals surface area contributed by atoms with Gasteiger partial charge in [-0.1, -0.05) is 115 Å². The molecule has 0 spiro atoms. The molecule has 5 rings (SSSR count). The van der Waals surface area contributed by atoms with Crippen LogP contribution in [0.4, 0.5) is 0 Å². The van der Waals surface area contributed by atoms with E-state index in [0.29, 0.717) is 44.5 Å². The summed E-state index contributed by atoms with van der Waals surface area (Å²) in [6, 6.07) is 36.6. The van der Waals surface area contributed by atoms with E-state index >= 15 is 0 Å². The average Bonchev–Trinajstić information content (AvgIpc) is 3.19. The molecular formula is C44H50N2O6S. The van der Waals surface area contributed by atoms with Crippen LogP contribution in [0.15, 0.2) is 127 Å². The molecule has 1 aliphatic rings. The Hall–Kier alpha value is -4.86. The second-order valence-corrected chi connectivity index (χ2v) is 14.5. The van der Waals surface area contributed by atoms with Gasteiger partial charge >= 0.3 is 5.97 Å². The lowest BCUT2D eigenvalue weighted by atomic mass is 9.94. The summed E-state index contributed by atoms with van der Waals surface area (Å²) in [5.41, 5.74) is 4.26. The third kappa shape index (κ3) is 13.9. The van der Waals surface area contributed by atoms with Crippen LogP contribution in [0.25, 0.3) is 0 Å². The third-order valence-corrected chi connectivity index (χ3v) is 10.3. The molecule has 4 aromatic carbocycles. The summed E-state index contributed by atoms with van der Waals surface area (Å²) in [4.78, 5) is 40.5. The highest BCUT2D eigenvalue weighted by Gasteiger charge is 2.27. The second kappa shape index (κ2) is 21.6. The predicted molar refractivity (Wildman–Crippen MR) is 210 cm³/mol. The number of carbonyl (C=O) groups is 3. The van der Waals surface area contributed by atoms with Gasteiger partial charge in [-0.25, -0.2) is 0 Å². The summed E-state index contributed by atoms with van der Waals surface area (Å²) in [5, 5.41) is 16.2. The Morgan fingerprint density at radius 3 is 2.17 bits per heavy atom. The number of thioether (sulfide) groups is 1. The van der Waals surface area contributed by atoms with Crippen molar-refractivity contribution in [3.05, 3.63) is 150 Å². The molecule has 53 heavy (non-hydrogen) atoms. The van der Waals surface area contributed by atoms with E-state index in [0.717, 1.165) is 28.2 Å². The Morgan fingerprint density at radius 2 is 1.49 bits per heavy atom. The van der Waals surface area contributed by atoms with Gasteiger partial charge in [0, 0.05) is 17.9 Å². The number of carbonyl (C=O) groups excluding carboxylic acids is 3. The standard InChI is InChI=1S/C44H50N2O6S/c47-28-39(26-34-21-23-41(24-22-34)51-29-35-15-7-2-8-16-35)45-42(48)27-37-19-11-4-12-20-38(25-33-13-5-1-6-14-33)44(50)52-30-40(46-43(37)49)32-53-31-36-17-9-3-10-18-36/h1-11,13-18,21-24,37-40,47H,12,19-20,25-32H2,(H,45,48)(H,46,49). The average molecular weight is 735 g/mol. The minimum Gasteiger partial charge on any atom is -0.489 e. The molecule has 0 saturated carbocycles. The summed E-state index contributed by atoms with van der Waals surface area (Å²) in [6.07, 6.45) is 6.51. The summed E-state index contributed by atoms with van der Waals surface area (Å²) in [5.74, 6) is 0.224. The number of hydrogen-bond acceptors (Lipinski definition) is 7. The molecule has 0 aliphatic carbocycles. The van der Waals surface area contributed by atoms with Crippen LogP contribution < -0.4 is 15.4 Å². The normalized spacial score (nSPS) is 18.7. The zero-order valence-electron chi connectivity index (χ0n) is 30.1. The van der Waals surface area contributed by atoms with Gasteiger partial charge < -0.3 is 25.2 Å². The summed E-state index contributed by atoms with van der Waals surface area (Å²) in [7, 11) is 0. The highest BCUT2D eigenvalue weighted by atomic mass is 32.2. The number of nitrogens with one attached hydrogen (secondary N) is 2. The highest BCUT2D eigenvalue weighted by molar-refractivity contribution is 7.98. The van der Waals surface area contributed by atoms with Crippen LogP contribution in [0.1, 0.15) is 47.9 Å². The Morgan fingerprint density at radius 1 is 0.830 bits per heavy atom. The molecule has 8 nitrogen and oxygen atoms in total. The predicted octanol–water partition coefficient (Wildman–Crippen LogP) is 6.85. The number of rotatable bonds is 15. The topological polar surface area (TPSA) is 114 Å². The van der Waals surface area contributed by atoms with Crippen molar-refractivity contribution in [2.45, 2.75) is 63.0 Å². The zero-order valence-corrected chi connectivity index (χ0v) is 30.9. The van der Waals surface area contributed by atoms with Gasteiger partial charge in [-0.3, -0.25) is 14.4 Å². The summed E-state index contributed by atoms with van der Waals surface area (Å²) in [6.45, 7) is 0.268. The van der Waals surface area contributed by atoms with Crippen molar-refractivity contribution in [2.75, 3.05) is 19.0 Å². The molecule has 4 aromatic rings. The van der Waals surface area contributed by atoms with Crippen LogP contribution in [0.3, 0.4) is 0 Å². The van der Waals surface area contributed by atoms with Crippen LogP contribution in [-0.4, -0.2) is 53.9 Å².